The first-order valence-corrected chi connectivity index (χ1v) is 9.93. The number of benzene rings is 2. The maximum Gasteiger partial charge on any atom is 0.322 e. The van der Waals surface area contributed by atoms with Gasteiger partial charge in [-0.25, -0.2) is 4.79 Å². The second-order valence-electron chi connectivity index (χ2n) is 7.70. The van der Waals surface area contributed by atoms with Crippen LogP contribution in [0.1, 0.15) is 35.2 Å². The third-order valence-electron chi connectivity index (χ3n) is 5.46. The highest BCUT2D eigenvalue weighted by Gasteiger charge is 2.33. The van der Waals surface area contributed by atoms with E-state index in [0.717, 1.165) is 30.8 Å². The Bertz CT molecular complexity index is 957. The van der Waals surface area contributed by atoms with E-state index in [2.05, 4.69) is 72.4 Å². The molecule has 0 spiro atoms. The summed E-state index contributed by atoms with van der Waals surface area (Å²) < 4.78 is 2.23. The SMILES string of the molecule is Cc1ccc(NC(=O)N(Cc2cccn2Cc2ccccc2)C2CC2)cc1C. The molecule has 2 aromatic carbocycles. The first kappa shape index (κ1) is 18.4. The van der Waals surface area contributed by atoms with Gasteiger partial charge in [0.05, 0.1) is 6.54 Å². The molecule has 0 bridgehead atoms. The predicted octanol–water partition coefficient (Wildman–Crippen LogP) is 5.35. The van der Waals surface area contributed by atoms with Crippen LogP contribution in [0.15, 0.2) is 66.9 Å². The van der Waals surface area contributed by atoms with E-state index in [4.69, 9.17) is 0 Å². The normalized spacial score (nSPS) is 13.4. The summed E-state index contributed by atoms with van der Waals surface area (Å²) in [5.74, 6) is 0. The van der Waals surface area contributed by atoms with E-state index in [1.165, 1.54) is 16.7 Å². The van der Waals surface area contributed by atoms with Gasteiger partial charge in [-0.05, 0) is 67.6 Å². The molecule has 4 heteroatoms. The minimum absolute atomic E-state index is 0.0155. The molecular weight excluding hydrogens is 346 g/mol. The van der Waals surface area contributed by atoms with Crippen molar-refractivity contribution in [3.63, 3.8) is 0 Å². The molecule has 1 aliphatic carbocycles. The quantitative estimate of drug-likeness (QED) is 0.621. The minimum atomic E-state index is -0.0155. The number of nitrogens with zero attached hydrogens (tertiary/aromatic N) is 2. The average molecular weight is 374 g/mol. The molecule has 4 nitrogen and oxygen atoms in total. The van der Waals surface area contributed by atoms with Crippen LogP contribution >= 0.6 is 0 Å². The van der Waals surface area contributed by atoms with Crippen LogP contribution in [0.3, 0.4) is 0 Å². The van der Waals surface area contributed by atoms with Crippen LogP contribution in [0.5, 0.6) is 0 Å². The number of urea groups is 1. The second-order valence-corrected chi connectivity index (χ2v) is 7.70. The van der Waals surface area contributed by atoms with Gasteiger partial charge in [0, 0.05) is 30.2 Å². The van der Waals surface area contributed by atoms with Crippen LogP contribution in [0.25, 0.3) is 0 Å². The number of anilines is 1. The molecule has 1 saturated carbocycles. The van der Waals surface area contributed by atoms with Crippen molar-refractivity contribution in [2.24, 2.45) is 0 Å². The number of hydrogen-bond donors (Lipinski definition) is 1. The molecular formula is C24H27N3O. The first-order valence-electron chi connectivity index (χ1n) is 9.93. The van der Waals surface area contributed by atoms with Crippen molar-refractivity contribution < 1.29 is 4.79 Å². The molecule has 1 N–H and O–H groups in total. The van der Waals surface area contributed by atoms with Gasteiger partial charge in [-0.15, -0.1) is 0 Å². The lowest BCUT2D eigenvalue weighted by Gasteiger charge is -2.24. The third kappa shape index (κ3) is 4.28. The predicted molar refractivity (Wildman–Crippen MR) is 113 cm³/mol. The van der Waals surface area contributed by atoms with Crippen molar-refractivity contribution in [2.75, 3.05) is 5.32 Å². The molecule has 28 heavy (non-hydrogen) atoms. The Balaban J connectivity index is 1.48. The van der Waals surface area contributed by atoms with E-state index >= 15 is 0 Å². The second kappa shape index (κ2) is 7.93. The Labute approximate surface area is 166 Å². The molecule has 3 aromatic rings. The Kier molecular flexibility index (Phi) is 5.20. The monoisotopic (exact) mass is 373 g/mol. The highest BCUT2D eigenvalue weighted by atomic mass is 16.2. The fourth-order valence-corrected chi connectivity index (χ4v) is 3.47. The van der Waals surface area contributed by atoms with Crippen LogP contribution in [-0.2, 0) is 13.1 Å². The smallest absolute Gasteiger partial charge is 0.322 e. The molecule has 1 heterocycles. The zero-order valence-corrected chi connectivity index (χ0v) is 16.6. The van der Waals surface area contributed by atoms with Gasteiger partial charge in [-0.2, -0.15) is 0 Å². The van der Waals surface area contributed by atoms with Gasteiger partial charge >= 0.3 is 6.03 Å². The summed E-state index contributed by atoms with van der Waals surface area (Å²) in [6, 6.07) is 21.0. The van der Waals surface area contributed by atoms with Gasteiger partial charge in [0.15, 0.2) is 0 Å². The van der Waals surface area contributed by atoms with Crippen LogP contribution in [0, 0.1) is 13.8 Å². The van der Waals surface area contributed by atoms with Crippen molar-refractivity contribution in [3.05, 3.63) is 89.2 Å². The van der Waals surface area contributed by atoms with Crippen molar-refractivity contribution >= 4 is 11.7 Å². The van der Waals surface area contributed by atoms with Gasteiger partial charge in [-0.1, -0.05) is 36.4 Å². The maximum absolute atomic E-state index is 13.0. The topological polar surface area (TPSA) is 37.3 Å². The molecule has 0 saturated heterocycles. The van der Waals surface area contributed by atoms with Crippen molar-refractivity contribution in [1.82, 2.24) is 9.47 Å². The van der Waals surface area contributed by atoms with Gasteiger partial charge < -0.3 is 14.8 Å². The lowest BCUT2D eigenvalue weighted by molar-refractivity contribution is 0.204. The summed E-state index contributed by atoms with van der Waals surface area (Å²) in [5, 5.41) is 3.09. The van der Waals surface area contributed by atoms with E-state index in [0.29, 0.717) is 12.6 Å². The number of carbonyl (C=O) groups excluding carboxylic acids is 1. The number of amides is 2. The molecule has 0 radical (unpaired) electrons. The fourth-order valence-electron chi connectivity index (χ4n) is 3.47. The van der Waals surface area contributed by atoms with Crippen molar-refractivity contribution in [1.29, 1.82) is 0 Å². The lowest BCUT2D eigenvalue weighted by atomic mass is 10.1. The van der Waals surface area contributed by atoms with Crippen LogP contribution in [0.4, 0.5) is 10.5 Å². The number of carbonyl (C=O) groups is 1. The zero-order valence-electron chi connectivity index (χ0n) is 16.6. The number of hydrogen-bond acceptors (Lipinski definition) is 1. The molecule has 1 aliphatic rings. The molecule has 2 amide bonds. The number of aromatic nitrogens is 1. The molecule has 0 atom stereocenters. The van der Waals surface area contributed by atoms with Crippen LogP contribution in [-0.4, -0.2) is 21.5 Å². The molecule has 4 rings (SSSR count). The van der Waals surface area contributed by atoms with Gasteiger partial charge in [-0.3, -0.25) is 0 Å². The van der Waals surface area contributed by atoms with Gasteiger partial charge in [0.1, 0.15) is 0 Å². The lowest BCUT2D eigenvalue weighted by Crippen LogP contribution is -2.36. The Morgan fingerprint density at radius 3 is 2.54 bits per heavy atom. The highest BCUT2D eigenvalue weighted by Crippen LogP contribution is 2.29. The van der Waals surface area contributed by atoms with E-state index < -0.39 is 0 Å². The number of rotatable bonds is 6. The maximum atomic E-state index is 13.0. The average Bonchev–Trinajstić information content (AvgIpc) is 3.44. The standard InChI is InChI=1S/C24H27N3O/c1-18-10-11-21(15-19(18)2)25-24(28)27(22-12-13-22)17-23-9-6-14-26(23)16-20-7-4-3-5-8-20/h3-11,14-15,22H,12-13,16-17H2,1-2H3,(H,25,28). The van der Waals surface area contributed by atoms with Crippen molar-refractivity contribution in [3.8, 4) is 0 Å². The van der Waals surface area contributed by atoms with Crippen molar-refractivity contribution in [2.45, 2.75) is 45.8 Å². The largest absolute Gasteiger partial charge is 0.345 e. The molecule has 0 aliphatic heterocycles. The summed E-state index contributed by atoms with van der Waals surface area (Å²) in [6.45, 7) is 5.60. The van der Waals surface area contributed by atoms with E-state index in [1.54, 1.807) is 0 Å². The van der Waals surface area contributed by atoms with E-state index in [-0.39, 0.29) is 6.03 Å². The zero-order chi connectivity index (χ0) is 19.5. The Hall–Kier alpha value is -3.01. The fraction of sp³-hybridized carbons (Fsp3) is 0.292. The molecule has 144 valence electrons. The molecule has 1 aromatic heterocycles. The summed E-state index contributed by atoms with van der Waals surface area (Å²) in [6.07, 6.45) is 4.26. The molecule has 1 fully saturated rings. The van der Waals surface area contributed by atoms with Crippen LogP contribution < -0.4 is 5.32 Å². The van der Waals surface area contributed by atoms with E-state index in [1.807, 2.05) is 23.1 Å². The third-order valence-corrected chi connectivity index (χ3v) is 5.46. The highest BCUT2D eigenvalue weighted by molar-refractivity contribution is 5.89. The minimum Gasteiger partial charge on any atom is -0.345 e. The number of aryl methyl sites for hydroxylation is 2. The first-order chi connectivity index (χ1) is 13.6. The summed E-state index contributed by atoms with van der Waals surface area (Å²) in [7, 11) is 0. The van der Waals surface area contributed by atoms with Gasteiger partial charge in [0.2, 0.25) is 0 Å². The van der Waals surface area contributed by atoms with Crippen LogP contribution in [0.2, 0.25) is 0 Å². The summed E-state index contributed by atoms with van der Waals surface area (Å²) >= 11 is 0. The van der Waals surface area contributed by atoms with Gasteiger partial charge in [0.25, 0.3) is 0 Å². The Morgan fingerprint density at radius 2 is 1.82 bits per heavy atom. The summed E-state index contributed by atoms with van der Waals surface area (Å²) in [4.78, 5) is 15.0. The Morgan fingerprint density at radius 1 is 1.04 bits per heavy atom. The summed E-state index contributed by atoms with van der Waals surface area (Å²) in [5.41, 5.74) is 5.70. The molecule has 0 unspecified atom stereocenters. The van der Waals surface area contributed by atoms with E-state index in [9.17, 15) is 4.79 Å². The number of nitrogens with one attached hydrogen (secondary N) is 1.